The number of benzene rings is 2. The Labute approximate surface area is 173 Å². The lowest BCUT2D eigenvalue weighted by molar-refractivity contribution is 0.409. The number of ether oxygens (including phenoxy) is 1. The Morgan fingerprint density at radius 3 is 2.57 bits per heavy atom. The number of rotatable bonds is 6. The lowest BCUT2D eigenvalue weighted by Gasteiger charge is -2.13. The van der Waals surface area contributed by atoms with Crippen molar-refractivity contribution in [1.29, 1.82) is 0 Å². The Balaban J connectivity index is 1.66. The third kappa shape index (κ3) is 3.84. The summed E-state index contributed by atoms with van der Waals surface area (Å²) in [6.45, 7) is 0.344. The summed E-state index contributed by atoms with van der Waals surface area (Å²) in [5.74, 6) is 0.972. The normalized spacial score (nSPS) is 11.6. The highest BCUT2D eigenvalue weighted by atomic mass is 32.2. The van der Waals surface area contributed by atoms with Gasteiger partial charge in [-0.25, -0.2) is 12.8 Å². The van der Waals surface area contributed by atoms with Gasteiger partial charge in [0.05, 0.1) is 12.0 Å². The highest BCUT2D eigenvalue weighted by Crippen LogP contribution is 2.28. The van der Waals surface area contributed by atoms with Crippen LogP contribution in [-0.2, 0) is 16.4 Å². The van der Waals surface area contributed by atoms with E-state index in [2.05, 4.69) is 15.5 Å². The molecule has 0 aliphatic carbocycles. The van der Waals surface area contributed by atoms with Gasteiger partial charge in [0.1, 0.15) is 23.7 Å². The van der Waals surface area contributed by atoms with E-state index in [0.717, 1.165) is 16.9 Å². The summed E-state index contributed by atoms with van der Waals surface area (Å²) in [5.41, 5.74) is 2.91. The minimum absolute atomic E-state index is 0.256. The number of hydrogen-bond donors (Lipinski definition) is 1. The molecule has 0 fully saturated rings. The summed E-state index contributed by atoms with van der Waals surface area (Å²) in [6, 6.07) is 14.7. The number of fused-ring (bicyclic) bond motifs is 1. The zero-order chi connectivity index (χ0) is 21.3. The van der Waals surface area contributed by atoms with Crippen molar-refractivity contribution < 1.29 is 17.5 Å². The fourth-order valence-corrected chi connectivity index (χ4v) is 3.86. The Morgan fingerprint density at radius 1 is 1.10 bits per heavy atom. The van der Waals surface area contributed by atoms with Gasteiger partial charge in [0.15, 0.2) is 15.5 Å². The molecular weight excluding hydrogens is 407 g/mol. The number of sulfone groups is 1. The molecule has 7 nitrogen and oxygen atoms in total. The molecule has 0 saturated carbocycles. The second-order valence-electron chi connectivity index (χ2n) is 6.76. The smallest absolute Gasteiger partial charge is 0.175 e. The number of aromatic nitrogens is 3. The molecule has 0 atom stereocenters. The molecule has 0 saturated heterocycles. The average molecular weight is 426 g/mol. The summed E-state index contributed by atoms with van der Waals surface area (Å²) < 4.78 is 44.1. The molecule has 30 heavy (non-hydrogen) atoms. The molecule has 0 spiro atoms. The van der Waals surface area contributed by atoms with Crippen LogP contribution < -0.4 is 10.1 Å². The monoisotopic (exact) mass is 426 g/mol. The highest BCUT2D eigenvalue weighted by Gasteiger charge is 2.13. The predicted molar refractivity (Wildman–Crippen MR) is 112 cm³/mol. The minimum Gasteiger partial charge on any atom is -0.496 e. The van der Waals surface area contributed by atoms with Gasteiger partial charge in [-0.1, -0.05) is 12.1 Å². The van der Waals surface area contributed by atoms with Crippen LogP contribution in [0.5, 0.6) is 5.75 Å². The predicted octanol–water partition coefficient (Wildman–Crippen LogP) is 3.56. The SMILES string of the molecule is COc1ccc(F)cc1CNc1ccc(-c2ccc(S(C)(=O)=O)cc2)c2nncn12. The first-order chi connectivity index (χ1) is 14.4. The van der Waals surface area contributed by atoms with Gasteiger partial charge in [-0.2, -0.15) is 0 Å². The van der Waals surface area contributed by atoms with Crippen LogP contribution in [0.1, 0.15) is 5.56 Å². The van der Waals surface area contributed by atoms with Gasteiger partial charge in [-0.05, 0) is 48.0 Å². The molecule has 2 aromatic heterocycles. The van der Waals surface area contributed by atoms with Gasteiger partial charge in [-0.15, -0.1) is 10.2 Å². The summed E-state index contributed by atoms with van der Waals surface area (Å²) in [6.07, 6.45) is 2.75. The summed E-state index contributed by atoms with van der Waals surface area (Å²) >= 11 is 0. The zero-order valence-electron chi connectivity index (χ0n) is 16.3. The van der Waals surface area contributed by atoms with E-state index >= 15 is 0 Å². The molecule has 0 radical (unpaired) electrons. The summed E-state index contributed by atoms with van der Waals surface area (Å²) in [5, 5.41) is 11.5. The number of anilines is 1. The molecular formula is C21H19FN4O3S. The van der Waals surface area contributed by atoms with E-state index in [-0.39, 0.29) is 10.7 Å². The Hall–Kier alpha value is -3.46. The third-order valence-corrected chi connectivity index (χ3v) is 5.88. The fraction of sp³-hybridized carbons (Fsp3) is 0.143. The third-order valence-electron chi connectivity index (χ3n) is 4.75. The zero-order valence-corrected chi connectivity index (χ0v) is 17.1. The van der Waals surface area contributed by atoms with E-state index in [4.69, 9.17) is 4.74 Å². The van der Waals surface area contributed by atoms with Crippen molar-refractivity contribution in [2.24, 2.45) is 0 Å². The Bertz CT molecular complexity index is 1320. The maximum atomic E-state index is 13.6. The van der Waals surface area contributed by atoms with E-state index < -0.39 is 9.84 Å². The maximum absolute atomic E-state index is 13.6. The quantitative estimate of drug-likeness (QED) is 0.507. The van der Waals surface area contributed by atoms with E-state index in [1.807, 2.05) is 12.1 Å². The molecule has 2 aromatic carbocycles. The molecule has 4 aromatic rings. The van der Waals surface area contributed by atoms with Crippen molar-refractivity contribution in [1.82, 2.24) is 14.6 Å². The molecule has 0 amide bonds. The van der Waals surface area contributed by atoms with Gasteiger partial charge in [-0.3, -0.25) is 4.40 Å². The van der Waals surface area contributed by atoms with E-state index in [9.17, 15) is 12.8 Å². The van der Waals surface area contributed by atoms with Crippen molar-refractivity contribution in [3.8, 4) is 16.9 Å². The van der Waals surface area contributed by atoms with E-state index in [1.165, 1.54) is 18.4 Å². The van der Waals surface area contributed by atoms with Crippen molar-refractivity contribution in [2.45, 2.75) is 11.4 Å². The maximum Gasteiger partial charge on any atom is 0.175 e. The van der Waals surface area contributed by atoms with Gasteiger partial charge < -0.3 is 10.1 Å². The first-order valence-electron chi connectivity index (χ1n) is 9.06. The molecule has 154 valence electrons. The number of methoxy groups -OCH3 is 1. The molecule has 0 aliphatic rings. The lowest BCUT2D eigenvalue weighted by Crippen LogP contribution is -2.06. The van der Waals surface area contributed by atoms with Crippen molar-refractivity contribution in [3.05, 3.63) is 72.3 Å². The number of nitrogens with zero attached hydrogens (tertiary/aromatic N) is 3. The van der Waals surface area contributed by atoms with Crippen LogP contribution in [0.2, 0.25) is 0 Å². The van der Waals surface area contributed by atoms with Crippen LogP contribution in [0.15, 0.2) is 65.8 Å². The van der Waals surface area contributed by atoms with E-state index in [0.29, 0.717) is 23.5 Å². The molecule has 1 N–H and O–H groups in total. The van der Waals surface area contributed by atoms with Crippen molar-refractivity contribution >= 4 is 21.3 Å². The largest absolute Gasteiger partial charge is 0.496 e. The summed E-state index contributed by atoms with van der Waals surface area (Å²) in [4.78, 5) is 0.256. The van der Waals surface area contributed by atoms with Gasteiger partial charge in [0.25, 0.3) is 0 Å². The second-order valence-corrected chi connectivity index (χ2v) is 8.78. The van der Waals surface area contributed by atoms with Crippen LogP contribution >= 0.6 is 0 Å². The first kappa shape index (κ1) is 19.8. The number of hydrogen-bond acceptors (Lipinski definition) is 6. The molecule has 2 heterocycles. The molecule has 4 rings (SSSR count). The topological polar surface area (TPSA) is 85.6 Å². The standard InChI is InChI=1S/C21H19FN4O3S/c1-29-19-9-5-16(22)11-15(19)12-23-20-10-8-18(21-25-24-13-26(20)21)14-3-6-17(7-4-14)30(2,27)28/h3-11,13,23H,12H2,1-2H3. The second kappa shape index (κ2) is 7.75. The highest BCUT2D eigenvalue weighted by molar-refractivity contribution is 7.90. The van der Waals surface area contributed by atoms with Gasteiger partial charge in [0, 0.05) is 23.9 Å². The fourth-order valence-electron chi connectivity index (χ4n) is 3.23. The van der Waals surface area contributed by atoms with E-state index in [1.54, 1.807) is 48.2 Å². The van der Waals surface area contributed by atoms with Crippen LogP contribution in [0.4, 0.5) is 10.2 Å². The minimum atomic E-state index is -3.26. The van der Waals surface area contributed by atoms with Gasteiger partial charge >= 0.3 is 0 Å². The average Bonchev–Trinajstić information content (AvgIpc) is 3.22. The number of halogens is 1. The Morgan fingerprint density at radius 2 is 1.87 bits per heavy atom. The van der Waals surface area contributed by atoms with Crippen LogP contribution in [0.25, 0.3) is 16.8 Å². The van der Waals surface area contributed by atoms with Crippen LogP contribution in [0.3, 0.4) is 0 Å². The number of pyridine rings is 1. The van der Waals surface area contributed by atoms with Crippen molar-refractivity contribution in [2.75, 3.05) is 18.7 Å². The summed E-state index contributed by atoms with van der Waals surface area (Å²) in [7, 11) is -1.72. The molecule has 9 heteroatoms. The van der Waals surface area contributed by atoms with Crippen LogP contribution in [0, 0.1) is 5.82 Å². The van der Waals surface area contributed by atoms with Crippen LogP contribution in [-0.4, -0.2) is 36.4 Å². The molecule has 0 aliphatic heterocycles. The molecule has 0 bridgehead atoms. The van der Waals surface area contributed by atoms with Crippen molar-refractivity contribution in [3.63, 3.8) is 0 Å². The molecule has 0 unspecified atom stereocenters. The lowest BCUT2D eigenvalue weighted by atomic mass is 10.1. The Kier molecular flexibility index (Phi) is 5.13. The first-order valence-corrected chi connectivity index (χ1v) is 11.0. The number of nitrogens with one attached hydrogen (secondary N) is 1. The van der Waals surface area contributed by atoms with Gasteiger partial charge in [0.2, 0.25) is 0 Å².